The zero-order valence-electron chi connectivity index (χ0n) is 12.1. The molecule has 1 heterocycles. The van der Waals surface area contributed by atoms with E-state index in [2.05, 4.69) is 22.0 Å². The van der Waals surface area contributed by atoms with E-state index in [1.807, 2.05) is 25.4 Å². The number of aryl methyl sites for hydroxylation is 1. The van der Waals surface area contributed by atoms with Crippen molar-refractivity contribution in [2.24, 2.45) is 0 Å². The number of hydrogen-bond donors (Lipinski definition) is 1. The minimum Gasteiger partial charge on any atom is -0.435 e. The fraction of sp³-hybridized carbons (Fsp3) is 0.400. The third-order valence-electron chi connectivity index (χ3n) is 3.26. The Morgan fingerprint density at radius 1 is 1.24 bits per heavy atom. The molecule has 21 heavy (non-hydrogen) atoms. The lowest BCUT2D eigenvalue weighted by molar-refractivity contribution is -0.0499. The van der Waals surface area contributed by atoms with Gasteiger partial charge in [-0.15, -0.1) is 11.3 Å². The van der Waals surface area contributed by atoms with Crippen LogP contribution in [0.25, 0.3) is 0 Å². The molecular formula is C15H18F2N2OS. The van der Waals surface area contributed by atoms with Crippen LogP contribution < -0.4 is 10.1 Å². The quantitative estimate of drug-likeness (QED) is 0.855. The van der Waals surface area contributed by atoms with Crippen LogP contribution in [-0.2, 0) is 0 Å². The highest BCUT2D eigenvalue weighted by molar-refractivity contribution is 7.09. The number of halogens is 2. The number of ether oxygens (including phenoxy) is 1. The van der Waals surface area contributed by atoms with Gasteiger partial charge in [-0.3, -0.25) is 0 Å². The molecule has 0 amide bonds. The minimum atomic E-state index is -2.80. The van der Waals surface area contributed by atoms with Crippen LogP contribution in [0.1, 0.15) is 42.1 Å². The lowest BCUT2D eigenvalue weighted by atomic mass is 10.1. The monoisotopic (exact) mass is 312 g/mol. The molecule has 0 aliphatic carbocycles. The number of rotatable bonds is 6. The highest BCUT2D eigenvalue weighted by Gasteiger charge is 2.15. The lowest BCUT2D eigenvalue weighted by Crippen LogP contribution is -2.22. The Morgan fingerprint density at radius 2 is 2.00 bits per heavy atom. The number of nitrogens with zero attached hydrogens (tertiary/aromatic N) is 1. The first kappa shape index (κ1) is 15.9. The number of hydrogen-bond acceptors (Lipinski definition) is 4. The van der Waals surface area contributed by atoms with E-state index >= 15 is 0 Å². The van der Waals surface area contributed by atoms with Crippen LogP contribution in [0.3, 0.4) is 0 Å². The van der Waals surface area contributed by atoms with Crippen molar-refractivity contribution in [1.29, 1.82) is 0 Å². The number of benzene rings is 1. The van der Waals surface area contributed by atoms with E-state index in [1.54, 1.807) is 23.5 Å². The molecule has 1 N–H and O–H groups in total. The summed E-state index contributed by atoms with van der Waals surface area (Å²) in [6.45, 7) is 3.23. The topological polar surface area (TPSA) is 34.2 Å². The van der Waals surface area contributed by atoms with E-state index in [1.165, 1.54) is 10.9 Å². The Kier molecular flexibility index (Phi) is 5.25. The molecule has 0 aliphatic heterocycles. The Hall–Kier alpha value is -1.53. The third kappa shape index (κ3) is 4.22. The van der Waals surface area contributed by atoms with Gasteiger partial charge < -0.3 is 10.1 Å². The van der Waals surface area contributed by atoms with E-state index in [-0.39, 0.29) is 17.8 Å². The molecule has 0 bridgehead atoms. The smallest absolute Gasteiger partial charge is 0.387 e. The molecule has 2 atom stereocenters. The average Bonchev–Trinajstić information content (AvgIpc) is 2.84. The molecule has 0 fully saturated rings. The predicted molar refractivity (Wildman–Crippen MR) is 79.9 cm³/mol. The molecule has 6 heteroatoms. The van der Waals surface area contributed by atoms with Crippen LogP contribution >= 0.6 is 11.3 Å². The summed E-state index contributed by atoms with van der Waals surface area (Å²) in [5.74, 6) is 0.178. The van der Waals surface area contributed by atoms with Crippen molar-refractivity contribution in [3.63, 3.8) is 0 Å². The fourth-order valence-corrected chi connectivity index (χ4v) is 3.05. The summed E-state index contributed by atoms with van der Waals surface area (Å²) in [5.41, 5.74) is 3.74. The molecule has 114 valence electrons. The number of aromatic nitrogens is 1. The second kappa shape index (κ2) is 6.95. The van der Waals surface area contributed by atoms with Gasteiger partial charge in [0.15, 0.2) is 0 Å². The van der Waals surface area contributed by atoms with Gasteiger partial charge in [0.05, 0.1) is 11.2 Å². The van der Waals surface area contributed by atoms with Crippen molar-refractivity contribution in [3.8, 4) is 5.75 Å². The Bertz CT molecular complexity index is 589. The summed E-state index contributed by atoms with van der Waals surface area (Å²) in [6.07, 6.45) is 0. The molecular weight excluding hydrogens is 294 g/mol. The van der Waals surface area contributed by atoms with Gasteiger partial charge in [0.2, 0.25) is 0 Å². The average molecular weight is 312 g/mol. The van der Waals surface area contributed by atoms with Gasteiger partial charge in [-0.1, -0.05) is 12.1 Å². The van der Waals surface area contributed by atoms with Crippen molar-refractivity contribution in [1.82, 2.24) is 10.3 Å². The van der Waals surface area contributed by atoms with Crippen LogP contribution in [0.15, 0.2) is 29.8 Å². The van der Waals surface area contributed by atoms with Crippen molar-refractivity contribution in [2.75, 3.05) is 0 Å². The molecule has 0 radical (unpaired) electrons. The Balaban J connectivity index is 2.06. The largest absolute Gasteiger partial charge is 0.435 e. The highest BCUT2D eigenvalue weighted by atomic mass is 32.1. The van der Waals surface area contributed by atoms with Gasteiger partial charge in [0, 0.05) is 17.0 Å². The van der Waals surface area contributed by atoms with E-state index < -0.39 is 6.61 Å². The molecule has 1 aromatic carbocycles. The maximum absolute atomic E-state index is 12.3. The number of nitrogens with one attached hydrogen (secondary N) is 1. The minimum absolute atomic E-state index is 0.0164. The third-order valence-corrected chi connectivity index (χ3v) is 4.37. The summed E-state index contributed by atoms with van der Waals surface area (Å²) >= 11 is 1.61. The van der Waals surface area contributed by atoms with E-state index in [0.29, 0.717) is 0 Å². The second-order valence-electron chi connectivity index (χ2n) is 4.86. The summed E-state index contributed by atoms with van der Waals surface area (Å²) in [4.78, 5) is 5.42. The van der Waals surface area contributed by atoms with Gasteiger partial charge >= 0.3 is 6.61 Å². The van der Waals surface area contributed by atoms with Gasteiger partial charge in [0.25, 0.3) is 0 Å². The number of alkyl halides is 2. The van der Waals surface area contributed by atoms with Crippen molar-refractivity contribution in [2.45, 2.75) is 39.5 Å². The highest BCUT2D eigenvalue weighted by Crippen LogP contribution is 2.26. The molecule has 3 nitrogen and oxygen atoms in total. The molecule has 0 spiro atoms. The number of thiazole rings is 1. The van der Waals surface area contributed by atoms with Gasteiger partial charge in [0.1, 0.15) is 5.75 Å². The van der Waals surface area contributed by atoms with Crippen LogP contribution in [0.2, 0.25) is 0 Å². The molecule has 2 rings (SSSR count). The molecule has 0 saturated heterocycles. The Morgan fingerprint density at radius 3 is 2.62 bits per heavy atom. The van der Waals surface area contributed by atoms with Crippen molar-refractivity contribution < 1.29 is 13.5 Å². The van der Waals surface area contributed by atoms with Crippen LogP contribution in [0.4, 0.5) is 8.78 Å². The maximum Gasteiger partial charge on any atom is 0.387 e. The maximum atomic E-state index is 12.3. The summed E-state index contributed by atoms with van der Waals surface area (Å²) in [7, 11) is 0. The predicted octanol–water partition coefficient (Wildman–Crippen LogP) is 4.46. The lowest BCUT2D eigenvalue weighted by Gasteiger charge is -2.20. The van der Waals surface area contributed by atoms with E-state index in [9.17, 15) is 8.78 Å². The molecule has 0 aliphatic rings. The van der Waals surface area contributed by atoms with E-state index in [4.69, 9.17) is 0 Å². The first-order valence-corrected chi connectivity index (χ1v) is 7.56. The van der Waals surface area contributed by atoms with Gasteiger partial charge in [-0.05, 0) is 38.5 Å². The van der Waals surface area contributed by atoms with Crippen molar-refractivity contribution >= 4 is 11.3 Å². The molecule has 2 aromatic rings. The Labute approximate surface area is 127 Å². The van der Waals surface area contributed by atoms with Gasteiger partial charge in [-0.25, -0.2) is 4.98 Å². The first-order valence-electron chi connectivity index (χ1n) is 6.68. The zero-order valence-corrected chi connectivity index (χ0v) is 13.0. The summed E-state index contributed by atoms with van der Waals surface area (Å²) in [5, 5.41) is 3.45. The molecule has 0 saturated carbocycles. The normalized spacial score (nSPS) is 14.2. The van der Waals surface area contributed by atoms with Crippen LogP contribution in [-0.4, -0.2) is 11.6 Å². The standard InChI is InChI=1S/C15H18F2N2OS/c1-9(19-11(3)14-10(2)18-8-21-14)12-5-4-6-13(7-12)20-15(16)17/h4-9,11,15,19H,1-3H3. The first-order chi connectivity index (χ1) is 9.97. The van der Waals surface area contributed by atoms with Crippen LogP contribution in [0, 0.1) is 6.92 Å². The van der Waals surface area contributed by atoms with E-state index in [0.717, 1.165) is 11.3 Å². The zero-order chi connectivity index (χ0) is 15.4. The second-order valence-corrected chi connectivity index (χ2v) is 5.75. The molecule has 1 aromatic heterocycles. The summed E-state index contributed by atoms with van der Waals surface area (Å²) < 4.78 is 28.9. The summed E-state index contributed by atoms with van der Waals surface area (Å²) in [6, 6.07) is 6.93. The van der Waals surface area contributed by atoms with Gasteiger partial charge in [-0.2, -0.15) is 8.78 Å². The van der Waals surface area contributed by atoms with Crippen molar-refractivity contribution in [3.05, 3.63) is 45.9 Å². The molecule has 2 unspecified atom stereocenters. The fourth-order valence-electron chi connectivity index (χ4n) is 2.23. The van der Waals surface area contributed by atoms with Crippen LogP contribution in [0.5, 0.6) is 5.75 Å². The SMILES string of the molecule is Cc1ncsc1C(C)NC(C)c1cccc(OC(F)F)c1.